The number of H-pyrrole nitrogens is 1. The summed E-state index contributed by atoms with van der Waals surface area (Å²) >= 11 is 0. The number of ether oxygens (including phenoxy) is 5. The Bertz CT molecular complexity index is 1170. The fourth-order valence-electron chi connectivity index (χ4n) is 3.94. The third kappa shape index (κ3) is 3.36. The lowest BCUT2D eigenvalue weighted by Gasteiger charge is -2.28. The van der Waals surface area contributed by atoms with E-state index in [2.05, 4.69) is 16.3 Å². The van der Waals surface area contributed by atoms with E-state index in [4.69, 9.17) is 29.1 Å². The molecule has 9 nitrogen and oxygen atoms in total. The number of aromatic nitrogens is 2. The Balaban J connectivity index is 1.92. The summed E-state index contributed by atoms with van der Waals surface area (Å²) in [6.07, 6.45) is 0. The van der Waals surface area contributed by atoms with Crippen molar-refractivity contribution in [3.8, 4) is 46.2 Å². The first-order valence-corrected chi connectivity index (χ1v) is 9.74. The van der Waals surface area contributed by atoms with Crippen LogP contribution in [0.15, 0.2) is 36.4 Å². The van der Waals surface area contributed by atoms with Crippen molar-refractivity contribution < 1.29 is 23.7 Å². The Morgan fingerprint density at radius 1 is 1.00 bits per heavy atom. The Hall–Kier alpha value is -4.19. The van der Waals surface area contributed by atoms with Gasteiger partial charge in [-0.25, -0.2) is 0 Å². The van der Waals surface area contributed by atoms with Crippen molar-refractivity contribution in [2.45, 2.75) is 5.92 Å². The summed E-state index contributed by atoms with van der Waals surface area (Å²) < 4.78 is 27.3. The number of hydrogen-bond donors (Lipinski definition) is 2. The van der Waals surface area contributed by atoms with E-state index in [0.29, 0.717) is 39.8 Å². The molecular weight excluding hydrogens is 412 g/mol. The summed E-state index contributed by atoms with van der Waals surface area (Å²) in [6.45, 7) is 0. The molecule has 3 aromatic rings. The largest absolute Gasteiger partial charge is 0.497 e. The minimum absolute atomic E-state index is 0.149. The van der Waals surface area contributed by atoms with Gasteiger partial charge in [0.25, 0.3) is 0 Å². The van der Waals surface area contributed by atoms with E-state index < -0.39 is 11.8 Å². The quantitative estimate of drug-likeness (QED) is 0.606. The number of rotatable bonds is 6. The van der Waals surface area contributed by atoms with Gasteiger partial charge in [-0.15, -0.1) is 5.10 Å². The monoisotopic (exact) mass is 434 g/mol. The lowest BCUT2D eigenvalue weighted by Crippen LogP contribution is -2.30. The van der Waals surface area contributed by atoms with E-state index in [-0.39, 0.29) is 11.8 Å². The average molecular weight is 434 g/mol. The summed E-state index contributed by atoms with van der Waals surface area (Å²) in [6, 6.07) is 13.2. The number of hydrogen-bond acceptors (Lipinski definition) is 8. The van der Waals surface area contributed by atoms with Crippen LogP contribution in [0.25, 0.3) is 11.3 Å². The van der Waals surface area contributed by atoms with Crippen molar-refractivity contribution in [1.29, 1.82) is 10.7 Å². The van der Waals surface area contributed by atoms with Crippen LogP contribution in [0, 0.1) is 22.7 Å². The molecule has 2 atom stereocenters. The van der Waals surface area contributed by atoms with Crippen molar-refractivity contribution in [2.24, 2.45) is 5.92 Å². The zero-order chi connectivity index (χ0) is 22.8. The number of benzene rings is 2. The molecular formula is C23H22N4O5. The van der Waals surface area contributed by atoms with Crippen LogP contribution in [0.4, 0.5) is 0 Å². The molecule has 9 heteroatoms. The van der Waals surface area contributed by atoms with Crippen molar-refractivity contribution in [3.05, 3.63) is 47.5 Å². The van der Waals surface area contributed by atoms with E-state index in [1.165, 1.54) is 7.11 Å². The van der Waals surface area contributed by atoms with Crippen LogP contribution >= 0.6 is 0 Å². The SMILES string of the molecule is COc1ccc(C2c3c(n[nH]c3-c3cc(OC)c(OC)c(OC)c3)OC(=N)C2C#N)cc1. The molecule has 0 aliphatic carbocycles. The maximum absolute atomic E-state index is 9.87. The molecule has 0 amide bonds. The maximum Gasteiger partial charge on any atom is 0.244 e. The lowest BCUT2D eigenvalue weighted by atomic mass is 9.79. The zero-order valence-corrected chi connectivity index (χ0v) is 18.1. The van der Waals surface area contributed by atoms with E-state index in [9.17, 15) is 5.26 Å². The van der Waals surface area contributed by atoms with Gasteiger partial charge < -0.3 is 23.7 Å². The predicted molar refractivity (Wildman–Crippen MR) is 116 cm³/mol. The molecule has 0 bridgehead atoms. The maximum atomic E-state index is 9.87. The second-order valence-electron chi connectivity index (χ2n) is 7.06. The van der Waals surface area contributed by atoms with E-state index in [0.717, 1.165) is 5.56 Å². The molecule has 0 saturated heterocycles. The summed E-state index contributed by atoms with van der Waals surface area (Å²) in [5.41, 5.74) is 2.85. The second kappa shape index (κ2) is 8.51. The van der Waals surface area contributed by atoms with Gasteiger partial charge >= 0.3 is 0 Å². The van der Waals surface area contributed by atoms with Crippen LogP contribution in [0.1, 0.15) is 17.0 Å². The summed E-state index contributed by atoms with van der Waals surface area (Å²) in [4.78, 5) is 0. The highest BCUT2D eigenvalue weighted by Gasteiger charge is 2.41. The first-order chi connectivity index (χ1) is 15.6. The Morgan fingerprint density at radius 3 is 2.19 bits per heavy atom. The number of nitrogens with zero attached hydrogens (tertiary/aromatic N) is 2. The third-order valence-electron chi connectivity index (χ3n) is 5.47. The molecule has 1 aliphatic rings. The molecule has 2 aromatic carbocycles. The number of fused-ring (bicyclic) bond motifs is 1. The number of nitrogens with one attached hydrogen (secondary N) is 2. The van der Waals surface area contributed by atoms with Crippen molar-refractivity contribution in [1.82, 2.24) is 10.2 Å². The van der Waals surface area contributed by atoms with Gasteiger partial charge in [-0.3, -0.25) is 10.5 Å². The van der Waals surface area contributed by atoms with Gasteiger partial charge in [0.05, 0.1) is 45.8 Å². The molecule has 0 saturated carbocycles. The molecule has 2 heterocycles. The van der Waals surface area contributed by atoms with Gasteiger partial charge in [0.2, 0.25) is 17.5 Å². The molecule has 4 rings (SSSR count). The first kappa shape index (κ1) is 21.1. The van der Waals surface area contributed by atoms with Crippen molar-refractivity contribution >= 4 is 5.90 Å². The minimum atomic E-state index is -0.825. The molecule has 164 valence electrons. The van der Waals surface area contributed by atoms with Crippen LogP contribution in [-0.4, -0.2) is 44.5 Å². The van der Waals surface area contributed by atoms with Gasteiger partial charge in [-0.05, 0) is 29.8 Å². The predicted octanol–water partition coefficient (Wildman–Crippen LogP) is 3.75. The summed E-state index contributed by atoms with van der Waals surface area (Å²) in [7, 11) is 6.21. The molecule has 1 aliphatic heterocycles. The van der Waals surface area contributed by atoms with Gasteiger partial charge in [0, 0.05) is 11.5 Å². The molecule has 2 N–H and O–H groups in total. The van der Waals surface area contributed by atoms with Crippen LogP contribution in [-0.2, 0) is 0 Å². The van der Waals surface area contributed by atoms with E-state index in [1.54, 1.807) is 33.5 Å². The molecule has 32 heavy (non-hydrogen) atoms. The first-order valence-electron chi connectivity index (χ1n) is 9.74. The van der Waals surface area contributed by atoms with Crippen LogP contribution in [0.3, 0.4) is 0 Å². The van der Waals surface area contributed by atoms with Crippen molar-refractivity contribution in [2.75, 3.05) is 28.4 Å². The average Bonchev–Trinajstić information content (AvgIpc) is 3.25. The molecule has 1 aromatic heterocycles. The van der Waals surface area contributed by atoms with Gasteiger partial charge in [0.1, 0.15) is 11.7 Å². The summed E-state index contributed by atoms with van der Waals surface area (Å²) in [5.74, 6) is 0.924. The number of aromatic amines is 1. The molecule has 0 fully saturated rings. The Kier molecular flexibility index (Phi) is 5.60. The standard InChI is InChI=1S/C23H22N4O5/c1-28-14-7-5-12(6-8-14)18-15(11-24)22(25)32-23-19(18)20(26-27-23)13-9-16(29-2)21(31-4)17(10-13)30-3/h5-10,15,18,25H,1-4H3,(H,26,27). The fourth-order valence-corrected chi connectivity index (χ4v) is 3.94. The molecule has 2 unspecified atom stereocenters. The Morgan fingerprint density at radius 2 is 1.66 bits per heavy atom. The highest BCUT2D eigenvalue weighted by molar-refractivity contribution is 5.87. The van der Waals surface area contributed by atoms with Gasteiger partial charge in [-0.2, -0.15) is 5.26 Å². The fraction of sp³-hybridized carbons (Fsp3) is 0.261. The van der Waals surface area contributed by atoms with Crippen LogP contribution < -0.4 is 23.7 Å². The van der Waals surface area contributed by atoms with E-state index >= 15 is 0 Å². The van der Waals surface area contributed by atoms with E-state index in [1.807, 2.05) is 24.3 Å². The minimum Gasteiger partial charge on any atom is -0.497 e. The Labute approximate surface area is 185 Å². The normalized spacial score (nSPS) is 17.0. The lowest BCUT2D eigenvalue weighted by molar-refractivity contribution is 0.324. The summed E-state index contributed by atoms with van der Waals surface area (Å²) in [5, 5.41) is 25.4. The van der Waals surface area contributed by atoms with Crippen LogP contribution in [0.5, 0.6) is 28.9 Å². The van der Waals surface area contributed by atoms with Gasteiger partial charge in [0.15, 0.2) is 11.5 Å². The molecule has 0 spiro atoms. The highest BCUT2D eigenvalue weighted by atomic mass is 16.5. The van der Waals surface area contributed by atoms with Crippen LogP contribution in [0.2, 0.25) is 0 Å². The highest BCUT2D eigenvalue weighted by Crippen LogP contribution is 2.48. The number of nitriles is 1. The van der Waals surface area contributed by atoms with Gasteiger partial charge in [-0.1, -0.05) is 12.1 Å². The number of methoxy groups -OCH3 is 4. The second-order valence-corrected chi connectivity index (χ2v) is 7.06. The topological polar surface area (TPSA) is 122 Å². The smallest absolute Gasteiger partial charge is 0.244 e. The zero-order valence-electron chi connectivity index (χ0n) is 18.1. The molecule has 0 radical (unpaired) electrons. The third-order valence-corrected chi connectivity index (χ3v) is 5.47. The van der Waals surface area contributed by atoms with Crippen molar-refractivity contribution in [3.63, 3.8) is 0 Å².